The molecule has 82 valence electrons. The van der Waals surface area contributed by atoms with E-state index >= 15 is 0 Å². The van der Waals surface area contributed by atoms with Gasteiger partial charge in [0.2, 0.25) is 0 Å². The number of ether oxygens (including phenoxy) is 2. The molecule has 0 aromatic heterocycles. The molecule has 0 amide bonds. The maximum Gasteiger partial charge on any atom is 0.337 e. The fourth-order valence-corrected chi connectivity index (χ4v) is 2.20. The maximum absolute atomic E-state index is 11.4. The molecule has 1 saturated heterocycles. The van der Waals surface area contributed by atoms with Crippen molar-refractivity contribution < 1.29 is 14.3 Å². The number of carbonyl (C=O) groups is 1. The van der Waals surface area contributed by atoms with E-state index in [1.54, 1.807) is 6.08 Å². The van der Waals surface area contributed by atoms with E-state index in [0.717, 1.165) is 6.42 Å². The first kappa shape index (κ1) is 10.4. The fraction of sp³-hybridized carbons (Fsp3) is 0.636. The van der Waals surface area contributed by atoms with Crippen LogP contribution in [0.2, 0.25) is 0 Å². The first-order chi connectivity index (χ1) is 7.05. The topological polar surface area (TPSA) is 59.4 Å². The summed E-state index contributed by atoms with van der Waals surface area (Å²) >= 11 is 0. The zero-order chi connectivity index (χ0) is 11.1. The number of cyclic esters (lactones) is 1. The summed E-state index contributed by atoms with van der Waals surface area (Å²) in [5, 5.41) is 7.42. The Balaban J connectivity index is 2.20. The molecule has 0 radical (unpaired) electrons. The Morgan fingerprint density at radius 2 is 2.33 bits per heavy atom. The summed E-state index contributed by atoms with van der Waals surface area (Å²) < 4.78 is 10.6. The van der Waals surface area contributed by atoms with Gasteiger partial charge in [0.25, 0.3) is 0 Å². The van der Waals surface area contributed by atoms with Crippen molar-refractivity contribution in [2.75, 3.05) is 6.61 Å². The molecule has 4 heteroatoms. The van der Waals surface area contributed by atoms with E-state index in [4.69, 9.17) is 14.9 Å². The minimum atomic E-state index is -0.821. The normalized spacial score (nSPS) is 39.3. The molecule has 0 aromatic rings. The highest BCUT2D eigenvalue weighted by Crippen LogP contribution is 2.47. The van der Waals surface area contributed by atoms with Crippen LogP contribution in [-0.4, -0.2) is 30.0 Å². The molecule has 1 fully saturated rings. The zero-order valence-corrected chi connectivity index (χ0v) is 9.00. The predicted octanol–water partition coefficient (Wildman–Crippen LogP) is 1.45. The smallest absolute Gasteiger partial charge is 0.337 e. The molecule has 0 unspecified atom stereocenters. The second-order valence-corrected chi connectivity index (χ2v) is 4.33. The van der Waals surface area contributed by atoms with Crippen LogP contribution in [0.15, 0.2) is 11.6 Å². The number of nitrogens with one attached hydrogen (secondary N) is 1. The van der Waals surface area contributed by atoms with Crippen LogP contribution in [0.5, 0.6) is 0 Å². The Morgan fingerprint density at radius 1 is 1.67 bits per heavy atom. The number of hydrogen-bond donors (Lipinski definition) is 1. The second kappa shape index (κ2) is 3.17. The van der Waals surface area contributed by atoms with Gasteiger partial charge >= 0.3 is 5.97 Å². The summed E-state index contributed by atoms with van der Waals surface area (Å²) in [6.07, 6.45) is 4.48. The average molecular weight is 209 g/mol. The van der Waals surface area contributed by atoms with E-state index < -0.39 is 5.60 Å². The van der Waals surface area contributed by atoms with E-state index in [-0.39, 0.29) is 11.6 Å². The van der Waals surface area contributed by atoms with Crippen LogP contribution in [0, 0.1) is 5.41 Å². The molecular weight excluding hydrogens is 194 g/mol. The summed E-state index contributed by atoms with van der Waals surface area (Å²) in [5.41, 5.74) is -0.539. The number of carbonyl (C=O) groups excluding carboxylic acids is 1. The van der Waals surface area contributed by atoms with Gasteiger partial charge < -0.3 is 14.9 Å². The number of rotatable bonds is 3. The zero-order valence-electron chi connectivity index (χ0n) is 9.00. The minimum Gasteiger partial charge on any atom is -0.458 e. The fourth-order valence-electron chi connectivity index (χ4n) is 2.20. The van der Waals surface area contributed by atoms with Gasteiger partial charge in [-0.3, -0.25) is 0 Å². The Kier molecular flexibility index (Phi) is 2.19. The van der Waals surface area contributed by atoms with Gasteiger partial charge in [-0.25, -0.2) is 4.79 Å². The minimum absolute atomic E-state index is 0.207. The summed E-state index contributed by atoms with van der Waals surface area (Å²) in [7, 11) is 0. The van der Waals surface area contributed by atoms with Crippen molar-refractivity contribution >= 4 is 12.2 Å². The SMILES string of the molecule is CC[C@@]1(C)C[C@@](C=N)(C2=CCOC2=O)O1. The molecule has 2 heterocycles. The lowest BCUT2D eigenvalue weighted by Crippen LogP contribution is -2.60. The second-order valence-electron chi connectivity index (χ2n) is 4.33. The highest BCUT2D eigenvalue weighted by Gasteiger charge is 2.56. The van der Waals surface area contributed by atoms with E-state index in [1.807, 2.05) is 13.8 Å². The van der Waals surface area contributed by atoms with Crippen LogP contribution in [-0.2, 0) is 14.3 Å². The molecule has 4 nitrogen and oxygen atoms in total. The standard InChI is InChI=1S/C11H15NO3/c1-3-10(2)6-11(7-12,15-10)8-4-5-14-9(8)13/h4,7,12H,3,5-6H2,1-2H3/t10-,11+/m0/s1. The van der Waals surface area contributed by atoms with Crippen molar-refractivity contribution in [2.45, 2.75) is 37.9 Å². The van der Waals surface area contributed by atoms with E-state index in [2.05, 4.69) is 0 Å². The van der Waals surface area contributed by atoms with Gasteiger partial charge in [-0.05, 0) is 19.4 Å². The third-order valence-corrected chi connectivity index (χ3v) is 3.22. The molecule has 0 aromatic carbocycles. The largest absolute Gasteiger partial charge is 0.458 e. The van der Waals surface area contributed by atoms with Gasteiger partial charge in [-0.15, -0.1) is 0 Å². The van der Waals surface area contributed by atoms with Crippen molar-refractivity contribution in [1.29, 1.82) is 5.41 Å². The third-order valence-electron chi connectivity index (χ3n) is 3.22. The summed E-state index contributed by atoms with van der Waals surface area (Å²) in [6, 6.07) is 0. The summed E-state index contributed by atoms with van der Waals surface area (Å²) in [5.74, 6) is -0.350. The van der Waals surface area contributed by atoms with Crippen LogP contribution >= 0.6 is 0 Å². The number of esters is 1. The van der Waals surface area contributed by atoms with Gasteiger partial charge in [0.1, 0.15) is 12.2 Å². The van der Waals surface area contributed by atoms with Gasteiger partial charge in [-0.2, -0.15) is 0 Å². The Bertz CT molecular complexity index is 340. The molecule has 2 atom stereocenters. The van der Waals surface area contributed by atoms with Crippen LogP contribution in [0.4, 0.5) is 0 Å². The highest BCUT2D eigenvalue weighted by molar-refractivity contribution is 5.99. The van der Waals surface area contributed by atoms with Gasteiger partial charge in [0, 0.05) is 12.6 Å². The lowest BCUT2D eigenvalue weighted by Gasteiger charge is -2.52. The molecule has 2 aliphatic heterocycles. The lowest BCUT2D eigenvalue weighted by atomic mass is 9.75. The van der Waals surface area contributed by atoms with Gasteiger partial charge in [-0.1, -0.05) is 6.92 Å². The van der Waals surface area contributed by atoms with E-state index in [0.29, 0.717) is 18.6 Å². The first-order valence-electron chi connectivity index (χ1n) is 5.15. The molecule has 0 spiro atoms. The quantitative estimate of drug-likeness (QED) is 0.565. The predicted molar refractivity (Wildman–Crippen MR) is 55.0 cm³/mol. The molecule has 0 aliphatic carbocycles. The van der Waals surface area contributed by atoms with Gasteiger partial charge in [0.05, 0.1) is 11.2 Å². The van der Waals surface area contributed by atoms with Crippen LogP contribution in [0.3, 0.4) is 0 Å². The van der Waals surface area contributed by atoms with Crippen LogP contribution < -0.4 is 0 Å². The van der Waals surface area contributed by atoms with E-state index in [9.17, 15) is 4.79 Å². The molecule has 2 rings (SSSR count). The molecule has 0 saturated carbocycles. The Labute approximate surface area is 88.8 Å². The van der Waals surface area contributed by atoms with Crippen LogP contribution in [0.1, 0.15) is 26.7 Å². The van der Waals surface area contributed by atoms with Crippen molar-refractivity contribution in [3.05, 3.63) is 11.6 Å². The Hall–Kier alpha value is -1.16. The van der Waals surface area contributed by atoms with Crippen molar-refractivity contribution in [1.82, 2.24) is 0 Å². The average Bonchev–Trinajstić information content (AvgIpc) is 2.60. The van der Waals surface area contributed by atoms with Crippen molar-refractivity contribution in [2.24, 2.45) is 0 Å². The van der Waals surface area contributed by atoms with E-state index in [1.165, 1.54) is 6.21 Å². The third kappa shape index (κ3) is 1.40. The van der Waals surface area contributed by atoms with Gasteiger partial charge in [0.15, 0.2) is 0 Å². The molecule has 0 bridgehead atoms. The number of hydrogen-bond acceptors (Lipinski definition) is 4. The Morgan fingerprint density at radius 3 is 2.73 bits per heavy atom. The summed E-state index contributed by atoms with van der Waals surface area (Å²) in [6.45, 7) is 4.33. The highest BCUT2D eigenvalue weighted by atomic mass is 16.6. The summed E-state index contributed by atoms with van der Waals surface area (Å²) in [4.78, 5) is 11.4. The molecule has 1 N–H and O–H groups in total. The molecular formula is C11H15NO3. The van der Waals surface area contributed by atoms with Crippen LogP contribution in [0.25, 0.3) is 0 Å². The van der Waals surface area contributed by atoms with Crippen molar-refractivity contribution in [3.8, 4) is 0 Å². The lowest BCUT2D eigenvalue weighted by molar-refractivity contribution is -0.211. The monoisotopic (exact) mass is 209 g/mol. The van der Waals surface area contributed by atoms with Crippen molar-refractivity contribution in [3.63, 3.8) is 0 Å². The molecule has 2 aliphatic rings. The molecule has 15 heavy (non-hydrogen) atoms. The maximum atomic E-state index is 11.4. The first-order valence-corrected chi connectivity index (χ1v) is 5.15.